The van der Waals surface area contributed by atoms with E-state index in [0.29, 0.717) is 50.6 Å². The fourth-order valence-electron chi connectivity index (χ4n) is 5.49. The molecule has 0 bridgehead atoms. The van der Waals surface area contributed by atoms with Crippen LogP contribution in [0.3, 0.4) is 0 Å². The number of sulfonamides is 1. The molecule has 1 spiro atoms. The van der Waals surface area contributed by atoms with Crippen LogP contribution in [0.1, 0.15) is 82.6 Å². The quantitative estimate of drug-likeness (QED) is 0.519. The van der Waals surface area contributed by atoms with Gasteiger partial charge in [0.05, 0.1) is 5.25 Å². The predicted octanol–water partition coefficient (Wildman–Crippen LogP) is 4.50. The number of aryl methyl sites for hydroxylation is 2. The molecule has 2 saturated heterocycles. The molecule has 1 saturated carbocycles. The minimum atomic E-state index is -3.59. The average Bonchev–Trinajstić information content (AvgIpc) is 3.26. The van der Waals surface area contributed by atoms with Crippen LogP contribution in [0, 0.1) is 5.41 Å². The predicted molar refractivity (Wildman–Crippen MR) is 138 cm³/mol. The van der Waals surface area contributed by atoms with Crippen LogP contribution in [0.4, 0.5) is 4.79 Å². The summed E-state index contributed by atoms with van der Waals surface area (Å²) >= 11 is 0. The van der Waals surface area contributed by atoms with Gasteiger partial charge in [0.2, 0.25) is 15.9 Å². The summed E-state index contributed by atoms with van der Waals surface area (Å²) in [6.45, 7) is 6.74. The Morgan fingerprint density at radius 1 is 1.14 bits per heavy atom. The van der Waals surface area contributed by atoms with Crippen LogP contribution in [-0.2, 0) is 27.6 Å². The molecule has 5 rings (SSSR count). The Labute approximate surface area is 219 Å². The number of hydrogen-bond acceptors (Lipinski definition) is 7. The van der Waals surface area contributed by atoms with E-state index in [1.165, 1.54) is 5.56 Å². The molecule has 3 fully saturated rings. The van der Waals surface area contributed by atoms with Gasteiger partial charge in [-0.25, -0.2) is 13.2 Å². The molecule has 1 amide bonds. The van der Waals surface area contributed by atoms with Crippen LogP contribution in [0.2, 0.25) is 0 Å². The van der Waals surface area contributed by atoms with Gasteiger partial charge in [-0.2, -0.15) is 9.29 Å². The van der Waals surface area contributed by atoms with E-state index in [1.807, 2.05) is 39.0 Å². The summed E-state index contributed by atoms with van der Waals surface area (Å²) in [5.41, 5.74) is 0.732. The summed E-state index contributed by atoms with van der Waals surface area (Å²) in [4.78, 5) is 18.7. The third kappa shape index (κ3) is 6.00. The first-order valence-corrected chi connectivity index (χ1v) is 14.9. The summed E-state index contributed by atoms with van der Waals surface area (Å²) in [6.07, 6.45) is 5.72. The van der Waals surface area contributed by atoms with Gasteiger partial charge in [-0.15, -0.1) is 0 Å². The maximum absolute atomic E-state index is 13.8. The summed E-state index contributed by atoms with van der Waals surface area (Å²) in [7, 11) is -3.59. The second-order valence-corrected chi connectivity index (χ2v) is 14.0. The lowest BCUT2D eigenvalue weighted by Gasteiger charge is -2.35. The van der Waals surface area contributed by atoms with E-state index in [4.69, 9.17) is 9.26 Å². The smallest absolute Gasteiger partial charge is 0.410 e. The van der Waals surface area contributed by atoms with Crippen LogP contribution in [0.15, 0.2) is 34.9 Å². The van der Waals surface area contributed by atoms with Gasteiger partial charge in [-0.05, 0) is 76.7 Å². The van der Waals surface area contributed by atoms with Crippen LogP contribution < -0.4 is 0 Å². The molecule has 1 aliphatic carbocycles. The van der Waals surface area contributed by atoms with Crippen molar-refractivity contribution in [2.24, 2.45) is 5.41 Å². The summed E-state index contributed by atoms with van der Waals surface area (Å²) in [5, 5.41) is 3.65. The summed E-state index contributed by atoms with van der Waals surface area (Å²) < 4.78 is 40.4. The number of nitrogens with zero attached hydrogens (tertiary/aromatic N) is 4. The van der Waals surface area contributed by atoms with E-state index in [1.54, 1.807) is 9.21 Å². The van der Waals surface area contributed by atoms with E-state index in [2.05, 4.69) is 22.3 Å². The molecule has 0 N–H and O–H groups in total. The van der Waals surface area contributed by atoms with Crippen molar-refractivity contribution >= 4 is 16.1 Å². The standard InChI is InChI=1S/C27H38N4O5S/c1-26(2,3)35-25(32)30-16-12-21(13-17-30)37(33,34)31-19-27(14-15-27)18-22(31)24-28-23(29-36-24)11-7-10-20-8-5-4-6-9-20/h4-6,8-9,21-22H,7,10-19H2,1-3H3/t22-/m0/s1. The molecule has 9 nitrogen and oxygen atoms in total. The van der Waals surface area contributed by atoms with Gasteiger partial charge in [-0.3, -0.25) is 0 Å². The van der Waals surface area contributed by atoms with Gasteiger partial charge in [0.1, 0.15) is 11.6 Å². The number of hydrogen-bond donors (Lipinski definition) is 0. The lowest BCUT2D eigenvalue weighted by molar-refractivity contribution is 0.0216. The maximum atomic E-state index is 13.8. The number of carbonyl (C=O) groups is 1. The monoisotopic (exact) mass is 530 g/mol. The van der Waals surface area contributed by atoms with Crippen molar-refractivity contribution in [2.45, 2.75) is 89.0 Å². The number of piperidine rings is 1. The number of aromatic nitrogens is 2. The molecule has 1 aromatic carbocycles. The zero-order valence-corrected chi connectivity index (χ0v) is 22.9. The first-order chi connectivity index (χ1) is 17.5. The van der Waals surface area contributed by atoms with Crippen molar-refractivity contribution in [2.75, 3.05) is 19.6 Å². The highest BCUT2D eigenvalue weighted by Gasteiger charge is 2.58. The second kappa shape index (κ2) is 10.0. The lowest BCUT2D eigenvalue weighted by atomic mass is 10.0. The van der Waals surface area contributed by atoms with Gasteiger partial charge >= 0.3 is 6.09 Å². The van der Waals surface area contributed by atoms with Crippen LogP contribution in [0.25, 0.3) is 0 Å². The van der Waals surface area contributed by atoms with Gasteiger partial charge in [0.15, 0.2) is 5.82 Å². The van der Waals surface area contributed by atoms with Crippen LogP contribution in [0.5, 0.6) is 0 Å². The normalized spacial score (nSPS) is 22.5. The van der Waals surface area contributed by atoms with Crippen molar-refractivity contribution in [3.63, 3.8) is 0 Å². The number of amides is 1. The zero-order chi connectivity index (χ0) is 26.3. The Morgan fingerprint density at radius 2 is 1.84 bits per heavy atom. The molecular weight excluding hydrogens is 492 g/mol. The maximum Gasteiger partial charge on any atom is 0.410 e. The highest BCUT2D eigenvalue weighted by molar-refractivity contribution is 7.89. The van der Waals surface area contributed by atoms with Crippen molar-refractivity contribution < 1.29 is 22.5 Å². The second-order valence-electron chi connectivity index (χ2n) is 11.9. The Kier molecular flexibility index (Phi) is 7.08. The molecular formula is C27H38N4O5S. The van der Waals surface area contributed by atoms with Gasteiger partial charge in [-0.1, -0.05) is 35.5 Å². The number of rotatable bonds is 7. The minimum Gasteiger partial charge on any atom is -0.444 e. The van der Waals surface area contributed by atoms with E-state index in [-0.39, 0.29) is 11.5 Å². The van der Waals surface area contributed by atoms with Crippen LogP contribution >= 0.6 is 0 Å². The molecule has 10 heteroatoms. The van der Waals surface area contributed by atoms with Crippen molar-refractivity contribution in [1.82, 2.24) is 19.3 Å². The van der Waals surface area contributed by atoms with E-state index >= 15 is 0 Å². The topological polar surface area (TPSA) is 106 Å². The molecule has 1 aromatic heterocycles. The number of carbonyl (C=O) groups excluding carboxylic acids is 1. The van der Waals surface area contributed by atoms with E-state index < -0.39 is 26.9 Å². The van der Waals surface area contributed by atoms with Crippen molar-refractivity contribution in [3.8, 4) is 0 Å². The Bertz CT molecular complexity index is 1190. The van der Waals surface area contributed by atoms with Crippen LogP contribution in [-0.4, -0.2) is 64.3 Å². The average molecular weight is 531 g/mol. The largest absolute Gasteiger partial charge is 0.444 e. The highest BCUT2D eigenvalue weighted by Crippen LogP contribution is 2.59. The molecule has 202 valence electrons. The first-order valence-electron chi connectivity index (χ1n) is 13.4. The molecule has 1 atom stereocenters. The molecule has 37 heavy (non-hydrogen) atoms. The zero-order valence-electron chi connectivity index (χ0n) is 22.1. The molecule has 2 aromatic rings. The van der Waals surface area contributed by atoms with E-state index in [9.17, 15) is 13.2 Å². The fourth-order valence-corrected chi connectivity index (χ4v) is 7.65. The Hall–Kier alpha value is -2.46. The number of likely N-dealkylation sites (tertiary alicyclic amines) is 1. The van der Waals surface area contributed by atoms with E-state index in [0.717, 1.165) is 32.1 Å². The molecule has 0 radical (unpaired) electrons. The number of ether oxygens (including phenoxy) is 1. The summed E-state index contributed by atoms with van der Waals surface area (Å²) in [6, 6.07) is 9.88. The third-order valence-electron chi connectivity index (χ3n) is 7.74. The minimum absolute atomic E-state index is 0.0386. The Morgan fingerprint density at radius 3 is 2.49 bits per heavy atom. The summed E-state index contributed by atoms with van der Waals surface area (Å²) in [5.74, 6) is 1.04. The molecule has 3 heterocycles. The van der Waals surface area contributed by atoms with Gasteiger partial charge in [0, 0.05) is 26.1 Å². The number of benzene rings is 1. The van der Waals surface area contributed by atoms with Gasteiger partial charge in [0.25, 0.3) is 0 Å². The SMILES string of the molecule is CC(C)(C)OC(=O)N1CCC(S(=O)(=O)N2CC3(CC3)C[C@H]2c2nc(CCCc3ccccc3)no2)CC1. The highest BCUT2D eigenvalue weighted by atomic mass is 32.2. The molecule has 2 aliphatic heterocycles. The first kappa shape index (κ1) is 26.2. The van der Waals surface area contributed by atoms with Crippen molar-refractivity contribution in [3.05, 3.63) is 47.6 Å². The lowest BCUT2D eigenvalue weighted by Crippen LogP contribution is -2.48. The fraction of sp³-hybridized carbons (Fsp3) is 0.667. The van der Waals surface area contributed by atoms with Gasteiger partial charge < -0.3 is 14.2 Å². The molecule has 0 unspecified atom stereocenters. The molecule has 3 aliphatic rings. The van der Waals surface area contributed by atoms with Crippen molar-refractivity contribution in [1.29, 1.82) is 0 Å². The third-order valence-corrected chi connectivity index (χ3v) is 10.1. The Balaban J connectivity index is 1.23.